The van der Waals surface area contributed by atoms with Crippen LogP contribution in [-0.4, -0.2) is 41.6 Å². The molecule has 0 radical (unpaired) electrons. The third-order valence-electron chi connectivity index (χ3n) is 5.42. The van der Waals surface area contributed by atoms with Gasteiger partial charge in [0.25, 0.3) is 0 Å². The molecule has 0 spiro atoms. The second-order valence-electron chi connectivity index (χ2n) is 7.87. The molecule has 1 aliphatic carbocycles. The largest absolute Gasteiger partial charge is 0.458 e. The molecule has 4 heterocycles. The molecule has 0 N–H and O–H groups in total. The first-order valence-corrected chi connectivity index (χ1v) is 11.3. The zero-order valence-electron chi connectivity index (χ0n) is 17.9. The van der Waals surface area contributed by atoms with Crippen molar-refractivity contribution < 1.29 is 26.5 Å². The second-order valence-corrected chi connectivity index (χ2v) is 9.17. The predicted octanol–water partition coefficient (Wildman–Crippen LogP) is 5.72. The van der Waals surface area contributed by atoms with Gasteiger partial charge in [0.1, 0.15) is 11.2 Å². The van der Waals surface area contributed by atoms with Crippen molar-refractivity contribution in [1.82, 2.24) is 29.7 Å². The lowest BCUT2D eigenvalue weighted by Crippen LogP contribution is -2.33. The van der Waals surface area contributed by atoms with Crippen molar-refractivity contribution in [2.45, 2.75) is 42.7 Å². The van der Waals surface area contributed by atoms with Gasteiger partial charge < -0.3 is 9.09 Å². The van der Waals surface area contributed by atoms with Gasteiger partial charge >= 0.3 is 12.1 Å². The normalized spacial score (nSPS) is 14.8. The minimum atomic E-state index is -5.74. The van der Waals surface area contributed by atoms with Gasteiger partial charge in [0.2, 0.25) is 11.7 Å². The summed E-state index contributed by atoms with van der Waals surface area (Å²) < 4.78 is 72.8. The van der Waals surface area contributed by atoms with Crippen LogP contribution >= 0.6 is 11.8 Å². The fraction of sp³-hybridized carbons (Fsp3) is 0.381. The van der Waals surface area contributed by atoms with Crippen molar-refractivity contribution in [3.63, 3.8) is 0 Å². The number of halogens is 5. The number of imidazole rings is 1. The Bertz CT molecular complexity index is 1380. The van der Waals surface area contributed by atoms with Crippen LogP contribution in [0.3, 0.4) is 0 Å². The standard InChI is InChI=1S/C21H17F5N6OS/c1-3-34-14-6-11(16-30-19(33-31-16)10-4-5-10)8-27-15(14)18-29-13-7-12(9-28-17(13)32(18)2)20(22,23)21(24,25)26/h6-10H,3-5H2,1-2H3. The molecule has 0 amide bonds. The number of alkyl halides is 5. The van der Waals surface area contributed by atoms with Crippen LogP contribution in [0.15, 0.2) is 33.9 Å². The number of rotatable bonds is 6. The molecule has 0 unspecified atom stereocenters. The average Bonchev–Trinajstić information content (AvgIpc) is 3.43. The van der Waals surface area contributed by atoms with Crippen LogP contribution in [0.25, 0.3) is 34.1 Å². The van der Waals surface area contributed by atoms with Gasteiger partial charge in [0, 0.05) is 35.8 Å². The SMILES string of the molecule is CCSc1cc(-c2noc(C3CC3)n2)cnc1-c1nc2cc(C(F)(F)C(F)(F)F)cnc2n1C. The summed E-state index contributed by atoms with van der Waals surface area (Å²) in [5, 5.41) is 4.03. The minimum absolute atomic E-state index is 0.0931. The fourth-order valence-electron chi connectivity index (χ4n) is 3.47. The zero-order valence-corrected chi connectivity index (χ0v) is 18.7. The molecule has 1 fully saturated rings. The van der Waals surface area contributed by atoms with Crippen LogP contribution in [0.4, 0.5) is 22.0 Å². The third kappa shape index (κ3) is 3.81. The third-order valence-corrected chi connectivity index (χ3v) is 6.33. The average molecular weight is 496 g/mol. The van der Waals surface area contributed by atoms with E-state index in [1.807, 2.05) is 13.0 Å². The predicted molar refractivity (Wildman–Crippen MR) is 113 cm³/mol. The first-order chi connectivity index (χ1) is 16.1. The van der Waals surface area contributed by atoms with Crippen molar-refractivity contribution >= 4 is 22.9 Å². The van der Waals surface area contributed by atoms with E-state index < -0.39 is 17.7 Å². The number of thioether (sulfide) groups is 1. The highest BCUT2D eigenvalue weighted by Crippen LogP contribution is 2.44. The molecule has 13 heteroatoms. The van der Waals surface area contributed by atoms with E-state index in [-0.39, 0.29) is 17.0 Å². The molecule has 34 heavy (non-hydrogen) atoms. The van der Waals surface area contributed by atoms with Crippen LogP contribution in [0, 0.1) is 0 Å². The zero-order chi connectivity index (χ0) is 24.3. The monoisotopic (exact) mass is 496 g/mol. The molecule has 1 saturated carbocycles. The molecule has 7 nitrogen and oxygen atoms in total. The van der Waals surface area contributed by atoms with Gasteiger partial charge in [-0.2, -0.15) is 26.9 Å². The first kappa shape index (κ1) is 22.7. The number of hydrogen-bond donors (Lipinski definition) is 0. The smallest absolute Gasteiger partial charge is 0.339 e. The van der Waals surface area contributed by atoms with Gasteiger partial charge in [-0.05, 0) is 30.7 Å². The Balaban J connectivity index is 1.57. The van der Waals surface area contributed by atoms with Crippen molar-refractivity contribution in [2.75, 3.05) is 5.75 Å². The lowest BCUT2D eigenvalue weighted by atomic mass is 10.1. The number of nitrogens with zero attached hydrogens (tertiary/aromatic N) is 6. The Morgan fingerprint density at radius 3 is 2.53 bits per heavy atom. The van der Waals surface area contributed by atoms with E-state index in [9.17, 15) is 22.0 Å². The summed E-state index contributed by atoms with van der Waals surface area (Å²) >= 11 is 1.47. The molecular weight excluding hydrogens is 479 g/mol. The number of pyridine rings is 2. The summed E-state index contributed by atoms with van der Waals surface area (Å²) in [7, 11) is 1.59. The number of fused-ring (bicyclic) bond motifs is 1. The van der Waals surface area contributed by atoms with Crippen LogP contribution in [-0.2, 0) is 13.0 Å². The topological polar surface area (TPSA) is 82.5 Å². The Hall–Kier alpha value is -3.09. The molecule has 4 aromatic heterocycles. The van der Waals surface area contributed by atoms with E-state index in [0.29, 0.717) is 46.9 Å². The summed E-state index contributed by atoms with van der Waals surface area (Å²) in [5.74, 6) is -2.76. The molecule has 178 valence electrons. The molecule has 0 atom stereocenters. The summed E-state index contributed by atoms with van der Waals surface area (Å²) in [6.45, 7) is 1.95. The van der Waals surface area contributed by atoms with E-state index in [1.165, 1.54) is 16.3 Å². The number of aryl methyl sites for hydroxylation is 1. The van der Waals surface area contributed by atoms with Gasteiger partial charge in [-0.3, -0.25) is 4.98 Å². The summed E-state index contributed by atoms with van der Waals surface area (Å²) in [6, 6.07) is 2.53. The highest BCUT2D eigenvalue weighted by molar-refractivity contribution is 7.99. The molecule has 0 aliphatic heterocycles. The maximum atomic E-state index is 13.8. The molecular formula is C21H17F5N6OS. The van der Waals surface area contributed by atoms with E-state index in [1.54, 1.807) is 13.2 Å². The van der Waals surface area contributed by atoms with Gasteiger partial charge in [0.15, 0.2) is 11.5 Å². The minimum Gasteiger partial charge on any atom is -0.339 e. The highest BCUT2D eigenvalue weighted by Gasteiger charge is 2.59. The Morgan fingerprint density at radius 1 is 1.09 bits per heavy atom. The molecule has 0 bridgehead atoms. The van der Waals surface area contributed by atoms with Gasteiger partial charge in [-0.1, -0.05) is 12.1 Å². The molecule has 5 rings (SSSR count). The summed E-state index contributed by atoms with van der Waals surface area (Å²) in [5.41, 5.74) is -0.135. The Morgan fingerprint density at radius 2 is 1.85 bits per heavy atom. The van der Waals surface area contributed by atoms with E-state index in [0.717, 1.165) is 17.7 Å². The van der Waals surface area contributed by atoms with Crippen molar-refractivity contribution in [1.29, 1.82) is 0 Å². The number of aromatic nitrogens is 6. The lowest BCUT2D eigenvalue weighted by Gasteiger charge is -2.19. The van der Waals surface area contributed by atoms with Crippen LogP contribution in [0.1, 0.15) is 37.1 Å². The second kappa shape index (κ2) is 8.00. The van der Waals surface area contributed by atoms with Crippen LogP contribution < -0.4 is 0 Å². The summed E-state index contributed by atoms with van der Waals surface area (Å²) in [4.78, 5) is 17.8. The number of hydrogen-bond acceptors (Lipinski definition) is 7. The van der Waals surface area contributed by atoms with E-state index >= 15 is 0 Å². The van der Waals surface area contributed by atoms with Gasteiger partial charge in [-0.15, -0.1) is 11.8 Å². The Kier molecular flexibility index (Phi) is 5.34. The maximum Gasteiger partial charge on any atom is 0.458 e. The first-order valence-electron chi connectivity index (χ1n) is 10.3. The molecule has 0 saturated heterocycles. The van der Waals surface area contributed by atoms with E-state index in [4.69, 9.17) is 4.52 Å². The molecule has 4 aromatic rings. The lowest BCUT2D eigenvalue weighted by molar-refractivity contribution is -0.289. The van der Waals surface area contributed by atoms with Gasteiger partial charge in [0.05, 0.1) is 5.56 Å². The summed E-state index contributed by atoms with van der Waals surface area (Å²) in [6.07, 6.45) is -1.63. The van der Waals surface area contributed by atoms with Crippen LogP contribution in [0.2, 0.25) is 0 Å². The van der Waals surface area contributed by atoms with Gasteiger partial charge in [-0.25, -0.2) is 9.97 Å². The van der Waals surface area contributed by atoms with Crippen molar-refractivity contribution in [2.24, 2.45) is 7.05 Å². The quantitative estimate of drug-likeness (QED) is 0.249. The molecule has 0 aromatic carbocycles. The fourth-order valence-corrected chi connectivity index (χ4v) is 4.27. The maximum absolute atomic E-state index is 13.8. The van der Waals surface area contributed by atoms with E-state index in [2.05, 4.69) is 25.1 Å². The van der Waals surface area contributed by atoms with Crippen molar-refractivity contribution in [3.8, 4) is 22.9 Å². The van der Waals surface area contributed by atoms with Crippen molar-refractivity contribution in [3.05, 3.63) is 36.0 Å². The molecule has 1 aliphatic rings. The highest BCUT2D eigenvalue weighted by atomic mass is 32.2. The van der Waals surface area contributed by atoms with Crippen LogP contribution in [0.5, 0.6) is 0 Å². The Labute approximate surface area is 193 Å².